The maximum absolute atomic E-state index is 4.71. The van der Waals surface area contributed by atoms with Crippen LogP contribution in [-0.2, 0) is 18.6 Å². The first-order valence-corrected chi connectivity index (χ1v) is 58.8. The molecule has 0 heterocycles. The van der Waals surface area contributed by atoms with E-state index in [0.717, 1.165) is 65.4 Å². The van der Waals surface area contributed by atoms with E-state index in [2.05, 4.69) is 217 Å². The van der Waals surface area contributed by atoms with Crippen molar-refractivity contribution >= 4 is 0 Å². The van der Waals surface area contributed by atoms with Crippen molar-refractivity contribution in [2.45, 2.75) is 484 Å². The molecule has 0 aromatic rings. The van der Waals surface area contributed by atoms with E-state index in [9.17, 15) is 0 Å². The Kier molecular flexibility index (Phi) is 80.7. The molecule has 136 heavy (non-hydrogen) atoms. The van der Waals surface area contributed by atoms with E-state index >= 15 is 0 Å². The van der Waals surface area contributed by atoms with E-state index in [-0.39, 0.29) is 18.6 Å². The summed E-state index contributed by atoms with van der Waals surface area (Å²) in [5, 5.41) is 23.6. The third kappa shape index (κ3) is 61.9. The van der Waals surface area contributed by atoms with Crippen LogP contribution in [0.2, 0.25) is 0 Å². The van der Waals surface area contributed by atoms with Crippen LogP contribution in [0.15, 0.2) is 238 Å². The molecular formula is C130H210N5V-5. The Balaban J connectivity index is 0.000000300. The Morgan fingerprint density at radius 2 is 0.250 bits per heavy atom. The number of allylic oxidation sites excluding steroid dienone is 40. The van der Waals surface area contributed by atoms with Crippen molar-refractivity contribution in [3.05, 3.63) is 265 Å². The van der Waals surface area contributed by atoms with E-state index in [4.69, 9.17) is 26.6 Å². The van der Waals surface area contributed by atoms with Crippen molar-refractivity contribution in [2.75, 3.05) is 65.4 Å². The van der Waals surface area contributed by atoms with Crippen LogP contribution in [-0.4, -0.2) is 65.4 Å². The molecule has 10 aliphatic rings. The fourth-order valence-corrected chi connectivity index (χ4v) is 21.4. The Hall–Kier alpha value is -4.82. The third-order valence-electron chi connectivity index (χ3n) is 29.9. The maximum atomic E-state index is 4.71. The number of rotatable bonds is 85. The zero-order valence-electron chi connectivity index (χ0n) is 89.5. The predicted molar refractivity (Wildman–Crippen MR) is 607 cm³/mol. The molecule has 0 bridgehead atoms. The summed E-state index contributed by atoms with van der Waals surface area (Å²) in [6.45, 7) is 22.4. The summed E-state index contributed by atoms with van der Waals surface area (Å²) in [4.78, 5) is 0. The number of hydrogen-bond acceptors (Lipinski definition) is 0. The van der Waals surface area contributed by atoms with E-state index in [1.165, 1.54) is 449 Å². The molecule has 0 aromatic carbocycles. The summed E-state index contributed by atoms with van der Waals surface area (Å²) < 4.78 is 0. The van der Waals surface area contributed by atoms with Gasteiger partial charge < -0.3 is 26.6 Å². The van der Waals surface area contributed by atoms with E-state index in [1.807, 2.05) is 0 Å². The first-order chi connectivity index (χ1) is 67.1. The molecule has 0 atom stereocenters. The quantitative estimate of drug-likeness (QED) is 0.0545. The maximum Gasteiger partial charge on any atom is 0.00194 e. The van der Waals surface area contributed by atoms with Gasteiger partial charge in [0, 0.05) is 48.1 Å². The summed E-state index contributed by atoms with van der Waals surface area (Å²) in [7, 11) is 0. The van der Waals surface area contributed by atoms with Crippen LogP contribution in [0.3, 0.4) is 0 Å². The Bertz CT molecular complexity index is 2860. The Morgan fingerprint density at radius 3 is 0.353 bits per heavy atom. The van der Waals surface area contributed by atoms with Gasteiger partial charge >= 0.3 is 0 Å². The SMILES string of the molecule is CCCCCCCC[N-]CCCCCCCC(C1=CC=CC1)C1=CC=CC1.CCCCCCCC[N-]CCCCCCCC(C1=CC=CC1)C1=CC=CC1.CCCCCCCC[N-]CCCCCCCC(C1=CC=CC1)C1=CC=CC1.CCCCCCCC[N-]CCCCCCCC(C1=CC=CC1)C1=CC=CC1.CCCCCCCC[N-]CCCCCCCC(C1=CC=CC1)C1=CC=CC1.[V]. The van der Waals surface area contributed by atoms with Crippen molar-refractivity contribution in [2.24, 2.45) is 29.6 Å². The zero-order chi connectivity index (χ0) is 95.0. The second-order valence-corrected chi connectivity index (χ2v) is 41.5. The molecule has 5 nitrogen and oxygen atoms in total. The standard InChI is InChI=1S/5C26H42N.V/c5*1-2-3-4-5-8-15-22-27-23-16-9-6-7-10-21-26(24-17-11-12-18-24)25-19-13-14-20-25;/h5*11-14,17,19,26H,2-10,15-16,18,20-23H2,1H3;/q5*-1;. The van der Waals surface area contributed by atoms with Gasteiger partial charge in [-0.15, -0.1) is 65.4 Å². The molecule has 6 heteroatoms. The van der Waals surface area contributed by atoms with E-state index in [0.29, 0.717) is 29.6 Å². The molecule has 0 spiro atoms. The third-order valence-corrected chi connectivity index (χ3v) is 29.9. The molecule has 0 unspecified atom stereocenters. The zero-order valence-corrected chi connectivity index (χ0v) is 90.9. The van der Waals surface area contributed by atoms with Gasteiger partial charge in [0.15, 0.2) is 0 Å². The van der Waals surface area contributed by atoms with E-state index < -0.39 is 0 Å². The molecule has 0 aliphatic heterocycles. The molecule has 0 saturated carbocycles. The van der Waals surface area contributed by atoms with Crippen molar-refractivity contribution in [1.82, 2.24) is 0 Å². The van der Waals surface area contributed by atoms with Crippen molar-refractivity contribution in [3.63, 3.8) is 0 Å². The van der Waals surface area contributed by atoms with Crippen LogP contribution in [0.5, 0.6) is 0 Å². The van der Waals surface area contributed by atoms with E-state index in [1.54, 1.807) is 55.7 Å². The molecule has 0 N–H and O–H groups in total. The molecule has 10 aliphatic carbocycles. The molecule has 10 rings (SSSR count). The molecule has 0 fully saturated rings. The van der Waals surface area contributed by atoms with Gasteiger partial charge in [0.05, 0.1) is 0 Å². The van der Waals surface area contributed by atoms with Gasteiger partial charge in [-0.2, -0.15) is 0 Å². The summed E-state index contributed by atoms with van der Waals surface area (Å²) in [6, 6.07) is 0. The predicted octanol–water partition coefficient (Wildman–Crippen LogP) is 42.2. The van der Waals surface area contributed by atoms with Gasteiger partial charge in [-0.1, -0.05) is 626 Å². The minimum atomic E-state index is 0. The second-order valence-electron chi connectivity index (χ2n) is 41.5. The smallest absolute Gasteiger partial charge is 0.00194 e. The summed E-state index contributed by atoms with van der Waals surface area (Å²) in [5.41, 5.74) is 16.4. The second kappa shape index (κ2) is 90.2. The van der Waals surface area contributed by atoms with Crippen molar-refractivity contribution in [1.29, 1.82) is 0 Å². The van der Waals surface area contributed by atoms with Crippen LogP contribution in [0.25, 0.3) is 26.6 Å². The Labute approximate surface area is 856 Å². The van der Waals surface area contributed by atoms with Gasteiger partial charge in [-0.05, 0) is 96.3 Å². The van der Waals surface area contributed by atoms with Gasteiger partial charge in [0.1, 0.15) is 0 Å². The van der Waals surface area contributed by atoms with Crippen molar-refractivity contribution in [3.8, 4) is 0 Å². The van der Waals surface area contributed by atoms with Crippen LogP contribution >= 0.6 is 0 Å². The van der Waals surface area contributed by atoms with Gasteiger partial charge in [-0.25, -0.2) is 0 Å². The molecule has 0 saturated heterocycles. The minimum Gasteiger partial charge on any atom is -0.662 e. The van der Waals surface area contributed by atoms with Crippen LogP contribution in [0, 0.1) is 29.6 Å². The molecule has 0 aromatic heterocycles. The monoisotopic (exact) mass is 1890 g/mol. The average Bonchev–Trinajstić information content (AvgIpc) is 1.74. The van der Waals surface area contributed by atoms with Crippen LogP contribution in [0.1, 0.15) is 484 Å². The number of hydrogen-bond donors (Lipinski definition) is 0. The van der Waals surface area contributed by atoms with Gasteiger partial charge in [0.25, 0.3) is 0 Å². The first kappa shape index (κ1) is 122. The fraction of sp³-hybridized carbons (Fsp3) is 0.692. The topological polar surface area (TPSA) is 70.5 Å². The molecule has 1 radical (unpaired) electrons. The largest absolute Gasteiger partial charge is 0.662 e. The van der Waals surface area contributed by atoms with Gasteiger partial charge in [0.2, 0.25) is 0 Å². The number of unbranched alkanes of at least 4 members (excludes halogenated alkanes) is 45. The fourth-order valence-electron chi connectivity index (χ4n) is 21.4. The minimum absolute atomic E-state index is 0. The molecular weight excluding hydrogens is 1680 g/mol. The summed E-state index contributed by atoms with van der Waals surface area (Å²) in [5.74, 6) is 3.48. The Morgan fingerprint density at radius 1 is 0.147 bits per heavy atom. The molecule has 0 amide bonds. The first-order valence-electron chi connectivity index (χ1n) is 58.8. The van der Waals surface area contributed by atoms with Gasteiger partial charge in [-0.3, -0.25) is 0 Å². The average molecular weight is 1890 g/mol. The van der Waals surface area contributed by atoms with Crippen LogP contribution in [0.4, 0.5) is 0 Å². The summed E-state index contributed by atoms with van der Waals surface area (Å²) >= 11 is 0. The molecule has 765 valence electrons. The normalized spacial score (nSPS) is 15.7. The van der Waals surface area contributed by atoms with Crippen LogP contribution < -0.4 is 0 Å². The summed E-state index contributed by atoms with van der Waals surface area (Å²) in [6.07, 6.45) is 163. The van der Waals surface area contributed by atoms with Crippen molar-refractivity contribution < 1.29 is 18.6 Å². The number of nitrogens with zero attached hydrogens (tertiary/aromatic N) is 5.